The molecule has 1 amide bonds. The van der Waals surface area contributed by atoms with Crippen LogP contribution in [0.15, 0.2) is 30.3 Å². The second-order valence-electron chi connectivity index (χ2n) is 7.80. The summed E-state index contributed by atoms with van der Waals surface area (Å²) in [5.41, 5.74) is 5.03. The zero-order valence-corrected chi connectivity index (χ0v) is 20.3. The number of anilines is 1. The van der Waals surface area contributed by atoms with Gasteiger partial charge in [0.25, 0.3) is 5.91 Å². The number of nitrogens with one attached hydrogen (secondary N) is 1. The van der Waals surface area contributed by atoms with Gasteiger partial charge in [-0.1, -0.05) is 43.1 Å². The number of rotatable bonds is 6. The number of nitrogens with zero attached hydrogens (tertiary/aromatic N) is 2. The topological polar surface area (TPSA) is 44.8 Å². The summed E-state index contributed by atoms with van der Waals surface area (Å²) in [6, 6.07) is 9.06. The minimum Gasteiger partial charge on any atom is -0.369 e. The molecule has 0 radical (unpaired) electrons. The van der Waals surface area contributed by atoms with Crippen LogP contribution in [0.5, 0.6) is 0 Å². The molecule has 174 valence electrons. The van der Waals surface area contributed by atoms with Gasteiger partial charge in [0.05, 0.1) is 12.7 Å². The first-order valence-corrected chi connectivity index (χ1v) is 11.8. The monoisotopic (exact) mass is 481 g/mol. The van der Waals surface area contributed by atoms with Crippen LogP contribution in [0.1, 0.15) is 54.1 Å². The standard InChI is InChI=1S/C22H24Cl2FN3O2.C2H6/c1-30-26-22(29)18-12-19(23)15(10-21(18)25)13-27-6-8-28(9-7-27)16-4-5-17(14-2-3-14)20(24)11-16;1-2/h4-5,10-12,14H,2-3,6-9,13H2,1H3,(H,26,29);1-2H3. The largest absolute Gasteiger partial charge is 0.369 e. The number of carbonyl (C=O) groups excluding carboxylic acids is 1. The quantitative estimate of drug-likeness (QED) is 0.541. The second-order valence-corrected chi connectivity index (χ2v) is 8.62. The number of hydrogen-bond acceptors (Lipinski definition) is 4. The lowest BCUT2D eigenvalue weighted by molar-refractivity contribution is 0.0533. The van der Waals surface area contributed by atoms with Crippen molar-refractivity contribution >= 4 is 34.8 Å². The Morgan fingerprint density at radius 3 is 2.38 bits per heavy atom. The minimum absolute atomic E-state index is 0.137. The molecule has 32 heavy (non-hydrogen) atoms. The summed E-state index contributed by atoms with van der Waals surface area (Å²) in [6.07, 6.45) is 2.47. The van der Waals surface area contributed by atoms with Crippen LogP contribution in [-0.4, -0.2) is 44.1 Å². The van der Waals surface area contributed by atoms with Gasteiger partial charge in [0.1, 0.15) is 5.82 Å². The summed E-state index contributed by atoms with van der Waals surface area (Å²) >= 11 is 12.8. The lowest BCUT2D eigenvalue weighted by atomic mass is 10.1. The van der Waals surface area contributed by atoms with Gasteiger partial charge in [0, 0.05) is 48.5 Å². The van der Waals surface area contributed by atoms with Crippen LogP contribution in [-0.2, 0) is 11.4 Å². The molecular weight excluding hydrogens is 452 g/mol. The number of carbonyl (C=O) groups is 1. The van der Waals surface area contributed by atoms with Gasteiger partial charge in [-0.2, -0.15) is 0 Å². The van der Waals surface area contributed by atoms with E-state index in [1.807, 2.05) is 13.8 Å². The second kappa shape index (κ2) is 11.3. The highest BCUT2D eigenvalue weighted by Crippen LogP contribution is 2.44. The van der Waals surface area contributed by atoms with E-state index in [4.69, 9.17) is 23.2 Å². The van der Waals surface area contributed by atoms with Crippen LogP contribution >= 0.6 is 23.2 Å². The van der Waals surface area contributed by atoms with Crippen molar-refractivity contribution in [2.24, 2.45) is 0 Å². The molecule has 1 heterocycles. The molecule has 2 aromatic carbocycles. The molecule has 0 aromatic heterocycles. The molecule has 2 fully saturated rings. The molecule has 1 N–H and O–H groups in total. The van der Waals surface area contributed by atoms with E-state index in [2.05, 4.69) is 38.3 Å². The summed E-state index contributed by atoms with van der Waals surface area (Å²) in [5, 5.41) is 1.22. The molecule has 1 aliphatic carbocycles. The molecule has 8 heteroatoms. The van der Waals surface area contributed by atoms with Crippen LogP contribution in [0.4, 0.5) is 10.1 Å². The Bertz CT molecular complexity index is 945. The maximum absolute atomic E-state index is 14.4. The van der Waals surface area contributed by atoms with Gasteiger partial charge >= 0.3 is 0 Å². The van der Waals surface area contributed by atoms with Crippen molar-refractivity contribution < 1.29 is 14.0 Å². The van der Waals surface area contributed by atoms with E-state index < -0.39 is 11.7 Å². The Morgan fingerprint density at radius 1 is 1.09 bits per heavy atom. The normalized spacial score (nSPS) is 16.4. The van der Waals surface area contributed by atoms with Crippen molar-refractivity contribution in [1.82, 2.24) is 10.4 Å². The smallest absolute Gasteiger partial charge is 0.277 e. The van der Waals surface area contributed by atoms with Crippen molar-refractivity contribution in [3.8, 4) is 0 Å². The predicted molar refractivity (Wildman–Crippen MR) is 128 cm³/mol. The van der Waals surface area contributed by atoms with E-state index in [0.717, 1.165) is 36.9 Å². The van der Waals surface area contributed by atoms with Crippen LogP contribution in [0, 0.1) is 5.82 Å². The molecule has 0 unspecified atom stereocenters. The molecule has 4 rings (SSSR count). The first-order chi connectivity index (χ1) is 15.5. The maximum Gasteiger partial charge on any atom is 0.277 e. The number of amides is 1. The van der Waals surface area contributed by atoms with Crippen molar-refractivity contribution in [2.75, 3.05) is 38.2 Å². The summed E-state index contributed by atoms with van der Waals surface area (Å²) in [7, 11) is 1.29. The van der Waals surface area contributed by atoms with Crippen LogP contribution in [0.3, 0.4) is 0 Å². The van der Waals surface area contributed by atoms with Gasteiger partial charge in [0.2, 0.25) is 0 Å². The van der Waals surface area contributed by atoms with E-state index in [0.29, 0.717) is 23.0 Å². The molecule has 1 aliphatic heterocycles. The predicted octanol–water partition coefficient (Wildman–Crippen LogP) is 5.65. The van der Waals surface area contributed by atoms with Gasteiger partial charge in [-0.25, -0.2) is 9.87 Å². The maximum atomic E-state index is 14.4. The fourth-order valence-corrected chi connectivity index (χ4v) is 4.43. The molecule has 0 bridgehead atoms. The van der Waals surface area contributed by atoms with Gasteiger partial charge in [-0.3, -0.25) is 14.5 Å². The Labute approximate surface area is 199 Å². The van der Waals surface area contributed by atoms with Crippen molar-refractivity contribution in [2.45, 2.75) is 39.2 Å². The fraction of sp³-hybridized carbons (Fsp3) is 0.458. The van der Waals surface area contributed by atoms with Crippen molar-refractivity contribution in [1.29, 1.82) is 0 Å². The number of hydroxylamine groups is 1. The third-order valence-corrected chi connectivity index (χ3v) is 6.39. The van der Waals surface area contributed by atoms with Gasteiger partial charge in [-0.15, -0.1) is 0 Å². The van der Waals surface area contributed by atoms with E-state index in [9.17, 15) is 9.18 Å². The number of piperazine rings is 1. The lowest BCUT2D eigenvalue weighted by Crippen LogP contribution is -2.46. The zero-order valence-electron chi connectivity index (χ0n) is 18.8. The Kier molecular flexibility index (Phi) is 8.77. The van der Waals surface area contributed by atoms with Crippen LogP contribution in [0.2, 0.25) is 10.0 Å². The van der Waals surface area contributed by atoms with Crippen LogP contribution < -0.4 is 10.4 Å². The Balaban J connectivity index is 0.00000141. The summed E-state index contributed by atoms with van der Waals surface area (Å²) in [4.78, 5) is 20.9. The van der Waals surface area contributed by atoms with E-state index in [-0.39, 0.29) is 5.56 Å². The van der Waals surface area contributed by atoms with Gasteiger partial charge in [0.15, 0.2) is 0 Å². The van der Waals surface area contributed by atoms with E-state index in [1.165, 1.54) is 37.6 Å². The average molecular weight is 482 g/mol. The lowest BCUT2D eigenvalue weighted by Gasteiger charge is -2.36. The molecule has 1 saturated carbocycles. The number of benzene rings is 2. The molecule has 0 atom stereocenters. The highest BCUT2D eigenvalue weighted by atomic mass is 35.5. The first kappa shape index (κ1) is 24.8. The molecule has 1 saturated heterocycles. The van der Waals surface area contributed by atoms with E-state index >= 15 is 0 Å². The van der Waals surface area contributed by atoms with Gasteiger partial charge in [-0.05, 0) is 54.2 Å². The Hall–Kier alpha value is -1.86. The zero-order chi connectivity index (χ0) is 23.3. The Morgan fingerprint density at radius 2 is 1.78 bits per heavy atom. The molecule has 2 aromatic rings. The van der Waals surface area contributed by atoms with Crippen molar-refractivity contribution in [3.05, 3.63) is 62.9 Å². The fourth-order valence-electron chi connectivity index (χ4n) is 3.87. The molecule has 5 nitrogen and oxygen atoms in total. The molecular formula is C24H30Cl2FN3O2. The SMILES string of the molecule is CC.CONC(=O)c1cc(Cl)c(CN2CCN(c3ccc(C4CC4)c(Cl)c3)CC2)cc1F. The summed E-state index contributed by atoms with van der Waals surface area (Å²) in [5.74, 6) is -0.642. The summed E-state index contributed by atoms with van der Waals surface area (Å²) in [6.45, 7) is 7.88. The number of hydrogen-bond donors (Lipinski definition) is 1. The van der Waals surface area contributed by atoms with Crippen molar-refractivity contribution in [3.63, 3.8) is 0 Å². The van der Waals surface area contributed by atoms with Crippen LogP contribution in [0.25, 0.3) is 0 Å². The minimum atomic E-state index is -0.663. The third-order valence-electron chi connectivity index (χ3n) is 5.71. The number of halogens is 3. The highest BCUT2D eigenvalue weighted by Gasteiger charge is 2.26. The third kappa shape index (κ3) is 5.93. The summed E-state index contributed by atoms with van der Waals surface area (Å²) < 4.78 is 14.4. The average Bonchev–Trinajstić information content (AvgIpc) is 3.63. The highest BCUT2D eigenvalue weighted by molar-refractivity contribution is 6.32. The van der Waals surface area contributed by atoms with Gasteiger partial charge < -0.3 is 4.90 Å². The molecule has 2 aliphatic rings. The first-order valence-electron chi connectivity index (χ1n) is 11.0. The molecule has 0 spiro atoms. The van der Waals surface area contributed by atoms with E-state index in [1.54, 1.807) is 0 Å².